The van der Waals surface area contributed by atoms with Crippen molar-refractivity contribution >= 4 is 5.97 Å². The van der Waals surface area contributed by atoms with Crippen molar-refractivity contribution in [2.24, 2.45) is 5.41 Å². The van der Waals surface area contributed by atoms with E-state index in [-0.39, 0.29) is 36.2 Å². The molecule has 2 aliphatic heterocycles. The van der Waals surface area contributed by atoms with Gasteiger partial charge in [-0.05, 0) is 89.5 Å². The summed E-state index contributed by atoms with van der Waals surface area (Å²) < 4.78 is 29.9. The highest BCUT2D eigenvalue weighted by molar-refractivity contribution is 5.66. The summed E-state index contributed by atoms with van der Waals surface area (Å²) in [7, 11) is 0. The van der Waals surface area contributed by atoms with Gasteiger partial charge in [0, 0.05) is 32.2 Å². The summed E-state index contributed by atoms with van der Waals surface area (Å²) in [6.45, 7) is 6.19. The molecule has 1 saturated carbocycles. The lowest BCUT2D eigenvalue weighted by Gasteiger charge is -2.36. The Labute approximate surface area is 232 Å². The minimum Gasteiger partial charge on any atom is -0.458 e. The van der Waals surface area contributed by atoms with Crippen LogP contribution in [0.2, 0.25) is 0 Å². The van der Waals surface area contributed by atoms with E-state index in [1.54, 1.807) is 0 Å². The van der Waals surface area contributed by atoms with E-state index in [9.17, 15) is 4.79 Å². The van der Waals surface area contributed by atoms with E-state index in [2.05, 4.69) is 19.1 Å². The zero-order chi connectivity index (χ0) is 26.9. The van der Waals surface area contributed by atoms with Crippen LogP contribution < -0.4 is 0 Å². The average molecular weight is 537 g/mol. The highest BCUT2D eigenvalue weighted by Crippen LogP contribution is 2.47. The maximum absolute atomic E-state index is 11.8. The number of carbonyl (C=O) groups is 1. The van der Waals surface area contributed by atoms with Gasteiger partial charge < -0.3 is 23.7 Å². The number of hydrogen-bond donors (Lipinski definition) is 0. The molecule has 0 amide bonds. The molecule has 0 spiro atoms. The van der Waals surface area contributed by atoms with Crippen molar-refractivity contribution in [1.29, 1.82) is 0 Å². The number of rotatable bonds is 18. The molecule has 0 bridgehead atoms. The maximum atomic E-state index is 11.8. The Bertz CT molecular complexity index is 654. The minimum atomic E-state index is -0.195. The summed E-state index contributed by atoms with van der Waals surface area (Å²) in [5.41, 5.74) is 0.00535. The van der Waals surface area contributed by atoms with Gasteiger partial charge >= 0.3 is 5.97 Å². The molecule has 5 atom stereocenters. The van der Waals surface area contributed by atoms with Crippen molar-refractivity contribution in [1.82, 2.24) is 0 Å². The van der Waals surface area contributed by atoms with Crippen molar-refractivity contribution in [2.75, 3.05) is 19.8 Å². The summed E-state index contributed by atoms with van der Waals surface area (Å²) >= 11 is 0. The highest BCUT2D eigenvalue weighted by Gasteiger charge is 2.42. The molecule has 1 aliphatic carbocycles. The van der Waals surface area contributed by atoms with E-state index in [4.69, 9.17) is 23.7 Å². The van der Waals surface area contributed by atoms with Gasteiger partial charge in [0.2, 0.25) is 0 Å². The predicted molar refractivity (Wildman–Crippen MR) is 151 cm³/mol. The van der Waals surface area contributed by atoms with E-state index >= 15 is 0 Å². The summed E-state index contributed by atoms with van der Waals surface area (Å²) in [5.74, 6) is -0.195. The van der Waals surface area contributed by atoms with Crippen molar-refractivity contribution in [3.8, 4) is 0 Å². The van der Waals surface area contributed by atoms with Crippen LogP contribution >= 0.6 is 0 Å². The Morgan fingerprint density at radius 3 is 2.34 bits per heavy atom. The van der Waals surface area contributed by atoms with Gasteiger partial charge in [-0.3, -0.25) is 4.79 Å². The molecule has 6 nitrogen and oxygen atoms in total. The first-order chi connectivity index (χ1) is 18.6. The smallest absolute Gasteiger partial charge is 0.303 e. The Morgan fingerprint density at radius 1 is 0.895 bits per heavy atom. The number of esters is 1. The van der Waals surface area contributed by atoms with E-state index in [1.807, 2.05) is 0 Å². The fourth-order valence-corrected chi connectivity index (χ4v) is 6.28. The van der Waals surface area contributed by atoms with Crippen LogP contribution in [-0.2, 0) is 28.5 Å². The lowest BCUT2D eigenvalue weighted by molar-refractivity contribution is -0.202. The molecule has 2 saturated heterocycles. The molecule has 3 rings (SSSR count). The largest absolute Gasteiger partial charge is 0.458 e. The fourth-order valence-electron chi connectivity index (χ4n) is 6.28. The van der Waals surface area contributed by atoms with Crippen molar-refractivity contribution < 1.29 is 28.5 Å². The zero-order valence-electron chi connectivity index (χ0n) is 24.5. The predicted octanol–water partition coefficient (Wildman–Crippen LogP) is 8.02. The molecule has 220 valence electrons. The molecule has 0 radical (unpaired) electrons. The molecule has 3 fully saturated rings. The van der Waals surface area contributed by atoms with Crippen LogP contribution in [0.15, 0.2) is 12.2 Å². The molecular weight excluding hydrogens is 480 g/mol. The van der Waals surface area contributed by atoms with Crippen LogP contribution in [0.5, 0.6) is 0 Å². The van der Waals surface area contributed by atoms with E-state index in [0.717, 1.165) is 84.0 Å². The number of hydrogen-bond acceptors (Lipinski definition) is 6. The lowest BCUT2D eigenvalue weighted by Crippen LogP contribution is -2.36. The topological polar surface area (TPSA) is 63.2 Å². The summed E-state index contributed by atoms with van der Waals surface area (Å²) in [6, 6.07) is 0. The third-order valence-electron chi connectivity index (χ3n) is 8.48. The standard InChI is InChI=1S/C32H56O6/c1-3-4-8-16-28(37-27(2)33)20-23-32(22-15-17-29(32)38-31-19-10-14-26-36-31)21-11-6-5-7-12-24-34-30-18-9-13-25-35-30/h20,23,28-31H,3-19,21-22,24-26H2,1-2H3. The average Bonchev–Trinajstić information content (AvgIpc) is 3.31. The van der Waals surface area contributed by atoms with Crippen LogP contribution in [0.25, 0.3) is 0 Å². The third kappa shape index (κ3) is 11.7. The normalized spacial score (nSPS) is 29.1. The van der Waals surface area contributed by atoms with E-state index < -0.39 is 0 Å². The molecule has 0 N–H and O–H groups in total. The van der Waals surface area contributed by atoms with Crippen molar-refractivity contribution in [3.63, 3.8) is 0 Å². The summed E-state index contributed by atoms with van der Waals surface area (Å²) in [5, 5.41) is 0. The summed E-state index contributed by atoms with van der Waals surface area (Å²) in [6.07, 6.45) is 26.1. The monoisotopic (exact) mass is 536 g/mol. The first-order valence-corrected chi connectivity index (χ1v) is 16.0. The van der Waals surface area contributed by atoms with Gasteiger partial charge in [-0.2, -0.15) is 0 Å². The number of carbonyl (C=O) groups excluding carboxylic acids is 1. The Balaban J connectivity index is 1.50. The SMILES string of the molecule is CCCCCC(C=CC1(CCCCCCCOC2CCCCO2)CCCC1OC1CCCCO1)OC(C)=O. The molecule has 2 heterocycles. The quantitative estimate of drug-likeness (QED) is 0.100. The fraction of sp³-hybridized carbons (Fsp3) is 0.906. The third-order valence-corrected chi connectivity index (χ3v) is 8.48. The first-order valence-electron chi connectivity index (χ1n) is 16.0. The van der Waals surface area contributed by atoms with Crippen LogP contribution in [0.1, 0.15) is 136 Å². The second-order valence-electron chi connectivity index (χ2n) is 11.7. The van der Waals surface area contributed by atoms with E-state index in [1.165, 1.54) is 64.7 Å². The van der Waals surface area contributed by atoms with Crippen LogP contribution in [-0.4, -0.2) is 50.6 Å². The van der Waals surface area contributed by atoms with Gasteiger partial charge in [0.25, 0.3) is 0 Å². The van der Waals surface area contributed by atoms with Gasteiger partial charge in [-0.15, -0.1) is 0 Å². The molecule has 0 aromatic rings. The van der Waals surface area contributed by atoms with Gasteiger partial charge in [0.15, 0.2) is 12.6 Å². The van der Waals surface area contributed by atoms with Crippen molar-refractivity contribution in [3.05, 3.63) is 12.2 Å². The summed E-state index contributed by atoms with van der Waals surface area (Å²) in [4.78, 5) is 11.8. The lowest BCUT2D eigenvalue weighted by atomic mass is 9.78. The van der Waals surface area contributed by atoms with Gasteiger partial charge in [-0.25, -0.2) is 0 Å². The van der Waals surface area contributed by atoms with Gasteiger partial charge in [-0.1, -0.05) is 51.5 Å². The van der Waals surface area contributed by atoms with Gasteiger partial charge in [0.05, 0.1) is 6.10 Å². The second kappa shape index (κ2) is 18.4. The maximum Gasteiger partial charge on any atom is 0.303 e. The molecule has 38 heavy (non-hydrogen) atoms. The van der Waals surface area contributed by atoms with Crippen molar-refractivity contribution in [2.45, 2.75) is 161 Å². The number of unbranched alkanes of at least 4 members (excludes halogenated alkanes) is 6. The minimum absolute atomic E-state index is 0.00535. The zero-order valence-corrected chi connectivity index (χ0v) is 24.5. The molecule has 0 aromatic carbocycles. The molecule has 5 unspecified atom stereocenters. The Morgan fingerprint density at radius 2 is 1.63 bits per heavy atom. The Hall–Kier alpha value is -0.950. The van der Waals surface area contributed by atoms with Crippen LogP contribution in [0.4, 0.5) is 0 Å². The highest BCUT2D eigenvalue weighted by atomic mass is 16.7. The molecular formula is C32H56O6. The first kappa shape index (κ1) is 31.6. The Kier molecular flexibility index (Phi) is 15.3. The molecule has 0 aromatic heterocycles. The molecule has 3 aliphatic rings. The van der Waals surface area contributed by atoms with Crippen LogP contribution in [0, 0.1) is 5.41 Å². The van der Waals surface area contributed by atoms with Gasteiger partial charge in [0.1, 0.15) is 6.10 Å². The number of ether oxygens (including phenoxy) is 5. The van der Waals surface area contributed by atoms with Crippen LogP contribution in [0.3, 0.4) is 0 Å². The van der Waals surface area contributed by atoms with E-state index in [0.29, 0.717) is 0 Å². The molecule has 6 heteroatoms. The second-order valence-corrected chi connectivity index (χ2v) is 11.7.